The minimum Gasteiger partial charge on any atom is -0.381 e. The van der Waals surface area contributed by atoms with E-state index in [1.54, 1.807) is 31.2 Å². The van der Waals surface area contributed by atoms with E-state index in [0.717, 1.165) is 12.1 Å². The van der Waals surface area contributed by atoms with Crippen LogP contribution in [-0.4, -0.2) is 22.4 Å². The summed E-state index contributed by atoms with van der Waals surface area (Å²) in [6.07, 6.45) is -8.16. The molecule has 1 aromatic heterocycles. The van der Waals surface area contributed by atoms with Crippen LogP contribution in [0.4, 0.5) is 27.6 Å². The molecular formula is C20H16BrF5N2O. The third-order valence-electron chi connectivity index (χ3n) is 4.49. The molecule has 3 aromatic rings. The Kier molecular flexibility index (Phi) is 6.09. The van der Waals surface area contributed by atoms with Crippen LogP contribution in [0.3, 0.4) is 0 Å². The predicted molar refractivity (Wildman–Crippen MR) is 104 cm³/mol. The van der Waals surface area contributed by atoms with Gasteiger partial charge in [-0.05, 0) is 42.8 Å². The standard InChI is InChI=1S/C20H16BrF5N2O/c1-10-5-7-12-14(27-10)3-2-4-15(12)28-18(19(29)20(24,25)26)16-13(22)8-6-11(9-21)17(16)23/h2-8,18-19,28-29H,9H2,1H3. The molecular weight excluding hydrogens is 459 g/mol. The van der Waals surface area contributed by atoms with E-state index in [-0.39, 0.29) is 16.6 Å². The molecule has 0 saturated carbocycles. The highest BCUT2D eigenvalue weighted by atomic mass is 79.9. The minimum atomic E-state index is -5.11. The Morgan fingerprint density at radius 1 is 1.10 bits per heavy atom. The first-order valence-corrected chi connectivity index (χ1v) is 9.66. The number of benzene rings is 2. The topological polar surface area (TPSA) is 45.1 Å². The minimum absolute atomic E-state index is 0.0294. The molecule has 3 rings (SSSR count). The molecule has 154 valence electrons. The largest absolute Gasteiger partial charge is 0.416 e. The third kappa shape index (κ3) is 4.35. The number of hydrogen-bond donors (Lipinski definition) is 2. The van der Waals surface area contributed by atoms with E-state index in [1.165, 1.54) is 6.07 Å². The number of aryl methyl sites for hydroxylation is 1. The lowest BCUT2D eigenvalue weighted by Gasteiger charge is -2.28. The Bertz CT molecular complexity index is 1040. The number of aliphatic hydroxyl groups is 1. The summed E-state index contributed by atoms with van der Waals surface area (Å²) >= 11 is 3.02. The maximum Gasteiger partial charge on any atom is 0.416 e. The molecule has 29 heavy (non-hydrogen) atoms. The Morgan fingerprint density at radius 3 is 2.48 bits per heavy atom. The number of aromatic nitrogens is 1. The molecule has 2 atom stereocenters. The lowest BCUT2D eigenvalue weighted by atomic mass is 9.96. The van der Waals surface area contributed by atoms with Crippen LogP contribution in [0, 0.1) is 18.6 Å². The number of nitrogens with zero attached hydrogens (tertiary/aromatic N) is 1. The van der Waals surface area contributed by atoms with Gasteiger partial charge >= 0.3 is 6.18 Å². The van der Waals surface area contributed by atoms with Gasteiger partial charge in [-0.1, -0.05) is 28.1 Å². The lowest BCUT2D eigenvalue weighted by molar-refractivity contribution is -0.208. The monoisotopic (exact) mass is 474 g/mol. The van der Waals surface area contributed by atoms with Gasteiger partial charge in [0.15, 0.2) is 6.10 Å². The zero-order valence-corrected chi connectivity index (χ0v) is 16.7. The zero-order valence-electron chi connectivity index (χ0n) is 15.1. The lowest BCUT2D eigenvalue weighted by Crippen LogP contribution is -2.39. The Morgan fingerprint density at radius 2 is 1.83 bits per heavy atom. The van der Waals surface area contributed by atoms with Gasteiger partial charge in [0.25, 0.3) is 0 Å². The van der Waals surface area contributed by atoms with E-state index < -0.39 is 35.5 Å². The van der Waals surface area contributed by atoms with Crippen LogP contribution in [0.2, 0.25) is 0 Å². The normalized spacial score (nSPS) is 14.1. The van der Waals surface area contributed by atoms with E-state index in [4.69, 9.17) is 0 Å². The molecule has 0 aliphatic carbocycles. The maximum absolute atomic E-state index is 14.8. The second-order valence-corrected chi connectivity index (χ2v) is 7.06. The van der Waals surface area contributed by atoms with E-state index in [0.29, 0.717) is 16.6 Å². The van der Waals surface area contributed by atoms with E-state index >= 15 is 0 Å². The first-order valence-electron chi connectivity index (χ1n) is 8.54. The first-order chi connectivity index (χ1) is 13.6. The van der Waals surface area contributed by atoms with Gasteiger partial charge in [-0.3, -0.25) is 4.98 Å². The van der Waals surface area contributed by atoms with Gasteiger partial charge in [0.05, 0.1) is 11.6 Å². The number of rotatable bonds is 5. The van der Waals surface area contributed by atoms with Gasteiger partial charge in [0.1, 0.15) is 11.6 Å². The molecule has 0 amide bonds. The number of pyridine rings is 1. The molecule has 0 aliphatic rings. The fraction of sp³-hybridized carbons (Fsp3) is 0.250. The number of fused-ring (bicyclic) bond motifs is 1. The Hall–Kier alpha value is -2.26. The van der Waals surface area contributed by atoms with Crippen LogP contribution in [0.25, 0.3) is 10.9 Å². The third-order valence-corrected chi connectivity index (χ3v) is 5.10. The summed E-state index contributed by atoms with van der Waals surface area (Å²) in [5.41, 5.74) is 0.432. The molecule has 1 heterocycles. The van der Waals surface area contributed by atoms with Crippen LogP contribution in [0.1, 0.15) is 22.9 Å². The smallest absolute Gasteiger partial charge is 0.381 e. The summed E-state index contributed by atoms with van der Waals surface area (Å²) in [6, 6.07) is 7.87. The number of nitrogens with one attached hydrogen (secondary N) is 1. The number of alkyl halides is 4. The van der Waals surface area contributed by atoms with Crippen molar-refractivity contribution in [3.8, 4) is 0 Å². The summed E-state index contributed by atoms with van der Waals surface area (Å²) in [4.78, 5) is 4.29. The van der Waals surface area contributed by atoms with Gasteiger partial charge in [0.2, 0.25) is 0 Å². The second-order valence-electron chi connectivity index (χ2n) is 6.50. The summed E-state index contributed by atoms with van der Waals surface area (Å²) in [5.74, 6) is -2.35. The van der Waals surface area contributed by atoms with Crippen LogP contribution in [-0.2, 0) is 5.33 Å². The van der Waals surface area contributed by atoms with Gasteiger partial charge in [0, 0.05) is 27.7 Å². The second kappa shape index (κ2) is 8.23. The molecule has 0 bridgehead atoms. The number of hydrogen-bond acceptors (Lipinski definition) is 3. The van der Waals surface area contributed by atoms with Gasteiger partial charge in [-0.2, -0.15) is 13.2 Å². The number of halogens is 6. The van der Waals surface area contributed by atoms with Crippen molar-refractivity contribution in [3.63, 3.8) is 0 Å². The fourth-order valence-electron chi connectivity index (χ4n) is 3.05. The fourth-order valence-corrected chi connectivity index (χ4v) is 3.48. The molecule has 9 heteroatoms. The number of anilines is 1. The number of aliphatic hydroxyl groups excluding tert-OH is 1. The maximum atomic E-state index is 14.8. The van der Waals surface area contributed by atoms with Crippen LogP contribution >= 0.6 is 15.9 Å². The van der Waals surface area contributed by atoms with Gasteiger partial charge < -0.3 is 10.4 Å². The van der Waals surface area contributed by atoms with Crippen molar-refractivity contribution in [2.45, 2.75) is 30.6 Å². The first kappa shape index (κ1) is 21.4. The van der Waals surface area contributed by atoms with Crippen LogP contribution in [0.5, 0.6) is 0 Å². The summed E-state index contributed by atoms with van der Waals surface area (Å²) < 4.78 is 69.3. The van der Waals surface area contributed by atoms with Crippen LogP contribution < -0.4 is 5.32 Å². The van der Waals surface area contributed by atoms with Crippen molar-refractivity contribution in [1.82, 2.24) is 4.98 Å². The highest BCUT2D eigenvalue weighted by molar-refractivity contribution is 9.08. The van der Waals surface area contributed by atoms with Crippen molar-refractivity contribution in [1.29, 1.82) is 0 Å². The highest BCUT2D eigenvalue weighted by Gasteiger charge is 2.46. The van der Waals surface area contributed by atoms with Crippen molar-refractivity contribution in [2.24, 2.45) is 0 Å². The molecule has 3 nitrogen and oxygen atoms in total. The molecule has 2 unspecified atom stereocenters. The predicted octanol–water partition coefficient (Wildman–Crippen LogP) is 5.79. The van der Waals surface area contributed by atoms with Crippen molar-refractivity contribution in [3.05, 3.63) is 70.9 Å². The van der Waals surface area contributed by atoms with Crippen LogP contribution in [0.15, 0.2) is 42.5 Å². The summed E-state index contributed by atoms with van der Waals surface area (Å²) in [6.45, 7) is 1.76. The van der Waals surface area contributed by atoms with E-state index in [2.05, 4.69) is 26.2 Å². The Balaban J connectivity index is 2.17. The van der Waals surface area contributed by atoms with Gasteiger partial charge in [-0.25, -0.2) is 8.78 Å². The van der Waals surface area contributed by atoms with Crippen molar-refractivity contribution >= 4 is 32.5 Å². The highest BCUT2D eigenvalue weighted by Crippen LogP contribution is 2.37. The molecule has 0 spiro atoms. The SMILES string of the molecule is Cc1ccc2c(NC(c3c(F)ccc(CBr)c3F)C(O)C(F)(F)F)cccc2n1. The quantitative estimate of drug-likeness (QED) is 0.363. The molecule has 0 fully saturated rings. The molecule has 2 N–H and O–H groups in total. The molecule has 2 aromatic carbocycles. The molecule has 0 radical (unpaired) electrons. The van der Waals surface area contributed by atoms with E-state index in [1.807, 2.05) is 0 Å². The van der Waals surface area contributed by atoms with Gasteiger partial charge in [-0.15, -0.1) is 0 Å². The summed E-state index contributed by atoms with van der Waals surface area (Å²) in [5, 5.41) is 12.9. The Labute approximate surface area is 171 Å². The molecule has 0 aliphatic heterocycles. The molecule has 0 saturated heterocycles. The van der Waals surface area contributed by atoms with Crippen molar-refractivity contribution < 1.29 is 27.1 Å². The average Bonchev–Trinajstić information content (AvgIpc) is 2.66. The average molecular weight is 475 g/mol. The zero-order chi connectivity index (χ0) is 21.3. The summed E-state index contributed by atoms with van der Waals surface area (Å²) in [7, 11) is 0. The van der Waals surface area contributed by atoms with E-state index in [9.17, 15) is 27.1 Å². The van der Waals surface area contributed by atoms with Crippen molar-refractivity contribution in [2.75, 3.05) is 5.32 Å².